The summed E-state index contributed by atoms with van der Waals surface area (Å²) in [6.45, 7) is 1.82. The Hall–Kier alpha value is -3.51. The molecule has 4 heterocycles. The second kappa shape index (κ2) is 6.90. The lowest BCUT2D eigenvalue weighted by molar-refractivity contribution is 0.0872. The number of ketones is 1. The van der Waals surface area contributed by atoms with Crippen LogP contribution in [0, 0.1) is 0 Å². The fourth-order valence-electron chi connectivity index (χ4n) is 3.45. The van der Waals surface area contributed by atoms with Crippen molar-refractivity contribution < 1.29 is 14.3 Å². The molecule has 0 bridgehead atoms. The van der Waals surface area contributed by atoms with Gasteiger partial charge in [-0.15, -0.1) is 0 Å². The summed E-state index contributed by atoms with van der Waals surface area (Å²) in [5.74, 6) is 1.49. The van der Waals surface area contributed by atoms with Gasteiger partial charge < -0.3 is 9.47 Å². The molecule has 5 rings (SSSR count). The first-order valence-corrected chi connectivity index (χ1v) is 9.03. The Labute approximate surface area is 162 Å². The predicted molar refractivity (Wildman–Crippen MR) is 103 cm³/mol. The topological polar surface area (TPSA) is 64.5 Å². The maximum atomic E-state index is 12.8. The molecule has 0 saturated carbocycles. The van der Waals surface area contributed by atoms with E-state index in [0.29, 0.717) is 36.8 Å². The van der Waals surface area contributed by atoms with Crippen molar-refractivity contribution in [2.24, 2.45) is 0 Å². The molecule has 0 saturated heterocycles. The number of carbonyl (C=O) groups is 1. The summed E-state index contributed by atoms with van der Waals surface area (Å²) in [4.78, 5) is 23.3. The van der Waals surface area contributed by atoms with Crippen LogP contribution >= 0.6 is 0 Å². The first kappa shape index (κ1) is 16.6. The second-order valence-electron chi connectivity index (χ2n) is 6.74. The minimum absolute atomic E-state index is 0.132. The van der Waals surface area contributed by atoms with Crippen molar-refractivity contribution in [3.63, 3.8) is 0 Å². The molecule has 6 heteroatoms. The molecule has 6 nitrogen and oxygen atoms in total. The number of hydrogen-bond donors (Lipinski definition) is 0. The third-order valence-corrected chi connectivity index (χ3v) is 4.78. The highest BCUT2D eigenvalue weighted by Crippen LogP contribution is 2.42. The maximum absolute atomic E-state index is 12.8. The van der Waals surface area contributed by atoms with Gasteiger partial charge in [-0.3, -0.25) is 19.7 Å². The van der Waals surface area contributed by atoms with E-state index in [4.69, 9.17) is 9.47 Å². The largest absolute Gasteiger partial charge is 0.478 e. The van der Waals surface area contributed by atoms with E-state index in [1.165, 1.54) is 0 Å². The number of rotatable bonds is 3. The molecule has 0 N–H and O–H groups in total. The Bertz CT molecular complexity index is 1070. The highest BCUT2D eigenvalue weighted by Gasteiger charge is 2.33. The van der Waals surface area contributed by atoms with E-state index in [1.807, 2.05) is 42.6 Å². The van der Waals surface area contributed by atoms with Crippen molar-refractivity contribution in [2.45, 2.75) is 13.1 Å². The van der Waals surface area contributed by atoms with E-state index in [1.54, 1.807) is 24.5 Å². The normalized spacial score (nSPS) is 17.0. The number of allylic oxidation sites excluding steroid dienone is 1. The molecule has 0 amide bonds. The maximum Gasteiger partial charge on any atom is 0.232 e. The highest BCUT2D eigenvalue weighted by atomic mass is 16.5. The minimum atomic E-state index is -0.132. The smallest absolute Gasteiger partial charge is 0.232 e. The van der Waals surface area contributed by atoms with E-state index in [-0.39, 0.29) is 11.5 Å². The van der Waals surface area contributed by atoms with E-state index in [0.717, 1.165) is 16.9 Å². The molecule has 2 aliphatic rings. The number of carbonyl (C=O) groups excluding carboxylic acids is 1. The fourth-order valence-corrected chi connectivity index (χ4v) is 3.45. The standard InChI is InChI=1S/C22H17N3O3/c26-21-17-6-7-19-18(13-25(14-27-19)12-15-4-3-8-23-11-15)22(17)28-20(21)10-16-5-1-2-9-24-16/h1-11H,12-14H2/b20-10-. The highest BCUT2D eigenvalue weighted by molar-refractivity contribution is 6.14. The van der Waals surface area contributed by atoms with Crippen molar-refractivity contribution >= 4 is 11.9 Å². The van der Waals surface area contributed by atoms with Crippen molar-refractivity contribution in [2.75, 3.05) is 6.73 Å². The van der Waals surface area contributed by atoms with Gasteiger partial charge in [0.15, 0.2) is 5.76 Å². The first-order chi connectivity index (χ1) is 13.8. The van der Waals surface area contributed by atoms with Gasteiger partial charge in [0.2, 0.25) is 5.78 Å². The third kappa shape index (κ3) is 3.04. The minimum Gasteiger partial charge on any atom is -0.478 e. The first-order valence-electron chi connectivity index (χ1n) is 9.03. The molecule has 0 atom stereocenters. The van der Waals surface area contributed by atoms with Gasteiger partial charge in [-0.2, -0.15) is 0 Å². The summed E-state index contributed by atoms with van der Waals surface area (Å²) in [7, 11) is 0. The molecule has 0 unspecified atom stereocenters. The summed E-state index contributed by atoms with van der Waals surface area (Å²) in [5, 5.41) is 0. The van der Waals surface area contributed by atoms with Crippen LogP contribution in [0.5, 0.6) is 11.5 Å². The molecule has 138 valence electrons. The summed E-state index contributed by atoms with van der Waals surface area (Å²) >= 11 is 0. The van der Waals surface area contributed by atoms with Crippen LogP contribution in [-0.4, -0.2) is 27.4 Å². The molecular formula is C22H17N3O3. The van der Waals surface area contributed by atoms with E-state index in [2.05, 4.69) is 14.9 Å². The number of hydrogen-bond acceptors (Lipinski definition) is 6. The lowest BCUT2D eigenvalue weighted by Gasteiger charge is -2.29. The van der Waals surface area contributed by atoms with Crippen molar-refractivity contribution in [1.29, 1.82) is 0 Å². The zero-order valence-electron chi connectivity index (χ0n) is 15.0. The average Bonchev–Trinajstić information content (AvgIpc) is 3.05. The lowest BCUT2D eigenvalue weighted by Crippen LogP contribution is -2.31. The van der Waals surface area contributed by atoms with Crippen LogP contribution in [-0.2, 0) is 13.1 Å². The number of nitrogens with zero attached hydrogens (tertiary/aromatic N) is 3. The summed E-state index contributed by atoms with van der Waals surface area (Å²) in [5.41, 5.74) is 3.25. The van der Waals surface area contributed by atoms with Crippen LogP contribution in [0.4, 0.5) is 0 Å². The Balaban J connectivity index is 1.44. The van der Waals surface area contributed by atoms with Gasteiger partial charge in [-0.25, -0.2) is 0 Å². The van der Waals surface area contributed by atoms with E-state index in [9.17, 15) is 4.79 Å². The number of aromatic nitrogens is 2. The van der Waals surface area contributed by atoms with Gasteiger partial charge in [0.05, 0.1) is 16.8 Å². The van der Waals surface area contributed by atoms with Crippen LogP contribution in [0.1, 0.15) is 27.2 Å². The molecule has 0 aliphatic carbocycles. The quantitative estimate of drug-likeness (QED) is 0.657. The number of Topliss-reactive ketones (excluding diaryl/α,β-unsaturated/α-hetero) is 1. The molecule has 3 aromatic rings. The van der Waals surface area contributed by atoms with Gasteiger partial charge in [0.1, 0.15) is 18.2 Å². The van der Waals surface area contributed by atoms with Crippen LogP contribution in [0.2, 0.25) is 0 Å². The van der Waals surface area contributed by atoms with Crippen molar-refractivity contribution in [1.82, 2.24) is 14.9 Å². The number of pyridine rings is 2. The molecule has 28 heavy (non-hydrogen) atoms. The monoisotopic (exact) mass is 371 g/mol. The van der Waals surface area contributed by atoms with Gasteiger partial charge in [0.25, 0.3) is 0 Å². The number of ether oxygens (including phenoxy) is 2. The lowest BCUT2D eigenvalue weighted by atomic mass is 10.0. The van der Waals surface area contributed by atoms with Crippen LogP contribution in [0.3, 0.4) is 0 Å². The summed E-state index contributed by atoms with van der Waals surface area (Å²) in [6.07, 6.45) is 6.96. The number of benzene rings is 1. The third-order valence-electron chi connectivity index (χ3n) is 4.78. The SMILES string of the molecule is O=C1/C(=C/c2ccccn2)Oc2c1ccc1c2CN(Cc2cccnc2)CO1. The zero-order valence-corrected chi connectivity index (χ0v) is 15.0. The van der Waals surface area contributed by atoms with Gasteiger partial charge in [-0.1, -0.05) is 12.1 Å². The van der Waals surface area contributed by atoms with Crippen molar-refractivity contribution in [3.8, 4) is 11.5 Å². The average molecular weight is 371 g/mol. The molecular weight excluding hydrogens is 354 g/mol. The van der Waals surface area contributed by atoms with Crippen LogP contribution < -0.4 is 9.47 Å². The molecule has 0 fully saturated rings. The van der Waals surface area contributed by atoms with Gasteiger partial charge in [-0.05, 0) is 35.9 Å². The van der Waals surface area contributed by atoms with Crippen molar-refractivity contribution in [3.05, 3.63) is 89.2 Å². The van der Waals surface area contributed by atoms with E-state index >= 15 is 0 Å². The summed E-state index contributed by atoms with van der Waals surface area (Å²) < 4.78 is 11.9. The zero-order chi connectivity index (χ0) is 18.9. The Morgan fingerprint density at radius 1 is 1.11 bits per heavy atom. The molecule has 2 aromatic heterocycles. The molecule has 2 aliphatic heterocycles. The Morgan fingerprint density at radius 3 is 2.89 bits per heavy atom. The number of fused-ring (bicyclic) bond motifs is 3. The second-order valence-corrected chi connectivity index (χ2v) is 6.74. The molecule has 0 radical (unpaired) electrons. The van der Waals surface area contributed by atoms with Gasteiger partial charge >= 0.3 is 0 Å². The van der Waals surface area contributed by atoms with E-state index < -0.39 is 0 Å². The Kier molecular flexibility index (Phi) is 4.10. The van der Waals surface area contributed by atoms with Crippen LogP contribution in [0.15, 0.2) is 66.8 Å². The molecule has 1 aromatic carbocycles. The Morgan fingerprint density at radius 2 is 2.07 bits per heavy atom. The fraction of sp³-hybridized carbons (Fsp3) is 0.136. The summed E-state index contributed by atoms with van der Waals surface area (Å²) in [6, 6.07) is 13.1. The molecule has 0 spiro atoms. The van der Waals surface area contributed by atoms with Gasteiger partial charge in [0, 0.05) is 37.8 Å². The van der Waals surface area contributed by atoms with Crippen LogP contribution in [0.25, 0.3) is 6.08 Å². The predicted octanol–water partition coefficient (Wildman–Crippen LogP) is 3.44.